The van der Waals surface area contributed by atoms with Crippen LogP contribution in [0.1, 0.15) is 13.8 Å². The van der Waals surface area contributed by atoms with E-state index in [1.165, 1.54) is 0 Å². The molecule has 1 amide bonds. The number of carbonyl (C=O) groups is 1. The topological polar surface area (TPSA) is 78.3 Å². The van der Waals surface area contributed by atoms with Crippen molar-refractivity contribution in [3.63, 3.8) is 0 Å². The molecule has 0 saturated carbocycles. The van der Waals surface area contributed by atoms with Crippen LogP contribution in [0.25, 0.3) is 21.9 Å². The summed E-state index contributed by atoms with van der Waals surface area (Å²) >= 11 is 0. The van der Waals surface area contributed by atoms with Crippen molar-refractivity contribution in [2.24, 2.45) is 5.92 Å². The molecular formula is C23H24N4O3. The zero-order valence-corrected chi connectivity index (χ0v) is 17.3. The number of hydrogen-bond acceptors (Lipinski definition) is 5. The van der Waals surface area contributed by atoms with Gasteiger partial charge in [0.1, 0.15) is 11.5 Å². The minimum Gasteiger partial charge on any atom is -0.497 e. The number of fused-ring (bicyclic) bond motifs is 2. The van der Waals surface area contributed by atoms with Crippen molar-refractivity contribution < 1.29 is 14.3 Å². The van der Waals surface area contributed by atoms with Gasteiger partial charge in [-0.25, -0.2) is 9.67 Å². The van der Waals surface area contributed by atoms with Crippen molar-refractivity contribution in [3.8, 4) is 11.5 Å². The fraction of sp³-hybridized carbons (Fsp3) is 0.261. The molecule has 0 unspecified atom stereocenters. The Morgan fingerprint density at radius 1 is 1.10 bits per heavy atom. The molecule has 0 fully saturated rings. The lowest BCUT2D eigenvalue weighted by Crippen LogP contribution is -2.20. The number of methoxy groups -OCH3 is 1. The Labute approximate surface area is 174 Å². The Bertz CT molecular complexity index is 1190. The second-order valence-corrected chi connectivity index (χ2v) is 7.49. The molecule has 154 valence electrons. The number of anilines is 1. The number of ether oxygens (including phenoxy) is 2. The molecule has 0 bridgehead atoms. The van der Waals surface area contributed by atoms with Crippen molar-refractivity contribution in [1.29, 1.82) is 0 Å². The lowest BCUT2D eigenvalue weighted by atomic mass is 10.1. The monoisotopic (exact) mass is 404 g/mol. The lowest BCUT2D eigenvalue weighted by Gasteiger charge is -2.06. The molecule has 2 heterocycles. The summed E-state index contributed by atoms with van der Waals surface area (Å²) in [5.74, 6) is 1.97. The standard InChI is InChI=1S/C23H24N4O3/c1-15(2)13-27-23-19(12-16-11-18(29-3)9-10-20(16)24-23)22(26-27)25-21(28)14-30-17-7-5-4-6-8-17/h4-12,15H,13-14H2,1-3H3,(H,25,26,28). The predicted molar refractivity (Wildman–Crippen MR) is 117 cm³/mol. The number of benzene rings is 2. The van der Waals surface area contributed by atoms with E-state index in [1.807, 2.05) is 59.3 Å². The number of nitrogens with zero attached hydrogens (tertiary/aromatic N) is 3. The maximum atomic E-state index is 12.5. The third-order valence-electron chi connectivity index (χ3n) is 4.63. The molecule has 7 heteroatoms. The molecule has 4 aromatic rings. The number of para-hydroxylation sites is 1. The highest BCUT2D eigenvalue weighted by molar-refractivity contribution is 6.03. The van der Waals surface area contributed by atoms with Crippen LogP contribution in [0, 0.1) is 5.92 Å². The third-order valence-corrected chi connectivity index (χ3v) is 4.63. The molecule has 4 rings (SSSR count). The second kappa shape index (κ2) is 8.41. The van der Waals surface area contributed by atoms with Crippen molar-refractivity contribution in [2.45, 2.75) is 20.4 Å². The molecule has 7 nitrogen and oxygen atoms in total. The number of nitrogens with one attached hydrogen (secondary N) is 1. The highest BCUT2D eigenvalue weighted by Gasteiger charge is 2.17. The average molecular weight is 404 g/mol. The smallest absolute Gasteiger partial charge is 0.263 e. The first kappa shape index (κ1) is 19.7. The van der Waals surface area contributed by atoms with Gasteiger partial charge in [0, 0.05) is 11.9 Å². The first-order valence-corrected chi connectivity index (χ1v) is 9.86. The van der Waals surface area contributed by atoms with E-state index in [1.54, 1.807) is 7.11 Å². The normalized spacial score (nSPS) is 11.2. The molecule has 2 aromatic heterocycles. The summed E-state index contributed by atoms with van der Waals surface area (Å²) in [6.07, 6.45) is 0. The summed E-state index contributed by atoms with van der Waals surface area (Å²) in [7, 11) is 1.63. The maximum Gasteiger partial charge on any atom is 0.263 e. The molecule has 0 radical (unpaired) electrons. The Balaban J connectivity index is 1.66. The number of pyridine rings is 1. The fourth-order valence-electron chi connectivity index (χ4n) is 3.26. The number of amides is 1. The van der Waals surface area contributed by atoms with E-state index < -0.39 is 0 Å². The minimum absolute atomic E-state index is 0.0998. The largest absolute Gasteiger partial charge is 0.497 e. The van der Waals surface area contributed by atoms with Gasteiger partial charge >= 0.3 is 0 Å². The SMILES string of the molecule is COc1ccc2nc3c(cc2c1)c(NC(=O)COc1ccccc1)nn3CC(C)C. The number of rotatable bonds is 7. The molecule has 0 aliphatic heterocycles. The van der Waals surface area contributed by atoms with Crippen molar-refractivity contribution in [3.05, 3.63) is 54.6 Å². The summed E-state index contributed by atoms with van der Waals surface area (Å²) in [6.45, 7) is 4.83. The third kappa shape index (κ3) is 4.20. The highest BCUT2D eigenvalue weighted by Crippen LogP contribution is 2.28. The van der Waals surface area contributed by atoms with Gasteiger partial charge in [-0.15, -0.1) is 0 Å². The van der Waals surface area contributed by atoms with Gasteiger partial charge in [-0.1, -0.05) is 32.0 Å². The first-order valence-electron chi connectivity index (χ1n) is 9.86. The van der Waals surface area contributed by atoms with E-state index >= 15 is 0 Å². The maximum absolute atomic E-state index is 12.5. The van der Waals surface area contributed by atoms with Crippen LogP contribution in [-0.4, -0.2) is 34.4 Å². The Morgan fingerprint density at radius 2 is 1.90 bits per heavy atom. The zero-order chi connectivity index (χ0) is 21.1. The molecule has 2 aromatic carbocycles. The number of carbonyl (C=O) groups excluding carboxylic acids is 1. The van der Waals surface area contributed by atoms with Crippen LogP contribution in [0.4, 0.5) is 5.82 Å². The summed E-state index contributed by atoms with van der Waals surface area (Å²) in [5.41, 5.74) is 1.58. The van der Waals surface area contributed by atoms with E-state index in [-0.39, 0.29) is 12.5 Å². The quantitative estimate of drug-likeness (QED) is 0.498. The molecule has 0 aliphatic carbocycles. The van der Waals surface area contributed by atoms with Crippen LogP contribution in [0.3, 0.4) is 0 Å². The first-order chi connectivity index (χ1) is 14.5. The zero-order valence-electron chi connectivity index (χ0n) is 17.3. The Hall–Kier alpha value is -3.61. The van der Waals surface area contributed by atoms with Gasteiger partial charge in [0.2, 0.25) is 0 Å². The van der Waals surface area contributed by atoms with Crippen LogP contribution in [0.5, 0.6) is 11.5 Å². The van der Waals surface area contributed by atoms with Crippen molar-refractivity contribution in [2.75, 3.05) is 19.0 Å². The molecule has 0 spiro atoms. The van der Waals surface area contributed by atoms with E-state index in [0.29, 0.717) is 24.0 Å². The van der Waals surface area contributed by atoms with E-state index in [9.17, 15) is 4.79 Å². The molecule has 30 heavy (non-hydrogen) atoms. The summed E-state index contributed by atoms with van der Waals surface area (Å²) in [6, 6.07) is 16.9. The van der Waals surface area contributed by atoms with E-state index in [2.05, 4.69) is 24.3 Å². The molecule has 1 N–H and O–H groups in total. The van der Waals surface area contributed by atoms with Gasteiger partial charge in [-0.3, -0.25) is 4.79 Å². The van der Waals surface area contributed by atoms with Gasteiger partial charge in [-0.05, 0) is 42.3 Å². The fourth-order valence-corrected chi connectivity index (χ4v) is 3.26. The van der Waals surface area contributed by atoms with Crippen LogP contribution in [0.2, 0.25) is 0 Å². The second-order valence-electron chi connectivity index (χ2n) is 7.49. The summed E-state index contributed by atoms with van der Waals surface area (Å²) in [5, 5.41) is 9.20. The van der Waals surface area contributed by atoms with Gasteiger partial charge in [0.15, 0.2) is 18.1 Å². The minimum atomic E-state index is -0.277. The van der Waals surface area contributed by atoms with Crippen molar-refractivity contribution >= 4 is 33.7 Å². The Kier molecular flexibility index (Phi) is 5.52. The van der Waals surface area contributed by atoms with E-state index in [4.69, 9.17) is 14.5 Å². The Morgan fingerprint density at radius 3 is 2.63 bits per heavy atom. The van der Waals surface area contributed by atoms with Gasteiger partial charge in [0.05, 0.1) is 18.0 Å². The molecule has 0 aliphatic rings. The average Bonchev–Trinajstić information content (AvgIpc) is 3.06. The molecule has 0 atom stereocenters. The molecular weight excluding hydrogens is 380 g/mol. The predicted octanol–water partition coefficient (Wildman–Crippen LogP) is 4.27. The van der Waals surface area contributed by atoms with Gasteiger partial charge < -0.3 is 14.8 Å². The van der Waals surface area contributed by atoms with Crippen LogP contribution in [-0.2, 0) is 11.3 Å². The van der Waals surface area contributed by atoms with Gasteiger partial charge in [0.25, 0.3) is 5.91 Å². The summed E-state index contributed by atoms with van der Waals surface area (Å²) in [4.78, 5) is 17.3. The van der Waals surface area contributed by atoms with Crippen LogP contribution in [0.15, 0.2) is 54.6 Å². The van der Waals surface area contributed by atoms with Crippen LogP contribution >= 0.6 is 0 Å². The molecule has 0 saturated heterocycles. The number of hydrogen-bond donors (Lipinski definition) is 1. The van der Waals surface area contributed by atoms with E-state index in [0.717, 1.165) is 27.7 Å². The van der Waals surface area contributed by atoms with Crippen molar-refractivity contribution in [1.82, 2.24) is 14.8 Å². The summed E-state index contributed by atoms with van der Waals surface area (Å²) < 4.78 is 12.7. The highest BCUT2D eigenvalue weighted by atomic mass is 16.5. The lowest BCUT2D eigenvalue weighted by molar-refractivity contribution is -0.118. The van der Waals surface area contributed by atoms with Crippen LogP contribution < -0.4 is 14.8 Å². The van der Waals surface area contributed by atoms with Gasteiger partial charge in [-0.2, -0.15) is 5.10 Å². The number of aromatic nitrogens is 3.